The highest BCUT2D eigenvalue weighted by Crippen LogP contribution is 2.21. The SMILES string of the molecule is CC(C)N1CC[C@H](CNCc2cn[nH]c2-c2ccccc2)C1. The van der Waals surface area contributed by atoms with Crippen LogP contribution in [0.2, 0.25) is 0 Å². The van der Waals surface area contributed by atoms with Gasteiger partial charge in [-0.2, -0.15) is 5.10 Å². The molecule has 4 heteroatoms. The van der Waals surface area contributed by atoms with Crippen LogP contribution in [0.3, 0.4) is 0 Å². The van der Waals surface area contributed by atoms with Gasteiger partial charge in [0.25, 0.3) is 0 Å². The molecule has 0 unspecified atom stereocenters. The van der Waals surface area contributed by atoms with Crippen molar-refractivity contribution in [2.24, 2.45) is 5.92 Å². The maximum atomic E-state index is 4.21. The molecule has 2 N–H and O–H groups in total. The van der Waals surface area contributed by atoms with Crippen molar-refractivity contribution in [1.82, 2.24) is 20.4 Å². The molecule has 1 aromatic heterocycles. The number of rotatable bonds is 6. The van der Waals surface area contributed by atoms with Gasteiger partial charge >= 0.3 is 0 Å². The van der Waals surface area contributed by atoms with E-state index in [0.29, 0.717) is 6.04 Å². The topological polar surface area (TPSA) is 44.0 Å². The number of H-pyrrole nitrogens is 1. The Hall–Kier alpha value is -1.65. The molecule has 1 aliphatic rings. The normalized spacial score (nSPS) is 19.1. The highest BCUT2D eigenvalue weighted by atomic mass is 15.2. The molecule has 1 saturated heterocycles. The predicted octanol–water partition coefficient (Wildman–Crippen LogP) is 2.90. The third-order valence-electron chi connectivity index (χ3n) is 4.58. The molecule has 0 radical (unpaired) electrons. The van der Waals surface area contributed by atoms with Crippen LogP contribution in [-0.2, 0) is 6.54 Å². The molecule has 0 amide bonds. The van der Waals surface area contributed by atoms with Gasteiger partial charge in [-0.15, -0.1) is 0 Å². The van der Waals surface area contributed by atoms with Gasteiger partial charge in [0.1, 0.15) is 0 Å². The molecule has 0 spiro atoms. The average molecular weight is 298 g/mol. The highest BCUT2D eigenvalue weighted by Gasteiger charge is 2.23. The molecule has 4 nitrogen and oxygen atoms in total. The van der Waals surface area contributed by atoms with E-state index < -0.39 is 0 Å². The fourth-order valence-corrected chi connectivity index (χ4v) is 3.21. The third kappa shape index (κ3) is 3.57. The second kappa shape index (κ2) is 7.07. The first-order valence-electron chi connectivity index (χ1n) is 8.26. The van der Waals surface area contributed by atoms with Crippen molar-refractivity contribution in [3.8, 4) is 11.3 Å². The number of aromatic nitrogens is 2. The predicted molar refractivity (Wildman–Crippen MR) is 90.5 cm³/mol. The number of hydrogen-bond acceptors (Lipinski definition) is 3. The second-order valence-electron chi connectivity index (χ2n) is 6.51. The molecule has 22 heavy (non-hydrogen) atoms. The summed E-state index contributed by atoms with van der Waals surface area (Å²) in [6.45, 7) is 8.99. The lowest BCUT2D eigenvalue weighted by atomic mass is 10.1. The van der Waals surface area contributed by atoms with E-state index in [4.69, 9.17) is 0 Å². The Morgan fingerprint density at radius 1 is 1.32 bits per heavy atom. The van der Waals surface area contributed by atoms with Crippen molar-refractivity contribution in [3.63, 3.8) is 0 Å². The fourth-order valence-electron chi connectivity index (χ4n) is 3.21. The quantitative estimate of drug-likeness (QED) is 0.862. The molecule has 1 aromatic carbocycles. The summed E-state index contributed by atoms with van der Waals surface area (Å²) >= 11 is 0. The molecular weight excluding hydrogens is 272 g/mol. The first-order chi connectivity index (χ1) is 10.7. The Bertz CT molecular complexity index is 576. The fraction of sp³-hybridized carbons (Fsp3) is 0.500. The summed E-state index contributed by atoms with van der Waals surface area (Å²) in [6.07, 6.45) is 3.24. The molecule has 1 atom stereocenters. The number of likely N-dealkylation sites (tertiary alicyclic amines) is 1. The van der Waals surface area contributed by atoms with Crippen molar-refractivity contribution < 1.29 is 0 Å². The number of hydrogen-bond donors (Lipinski definition) is 2. The van der Waals surface area contributed by atoms with Crippen LogP contribution in [0.1, 0.15) is 25.8 Å². The van der Waals surface area contributed by atoms with Gasteiger partial charge in [-0.25, -0.2) is 0 Å². The maximum Gasteiger partial charge on any atom is 0.0695 e. The minimum Gasteiger partial charge on any atom is -0.312 e. The summed E-state index contributed by atoms with van der Waals surface area (Å²) in [5.41, 5.74) is 3.57. The summed E-state index contributed by atoms with van der Waals surface area (Å²) in [5.74, 6) is 0.773. The van der Waals surface area contributed by atoms with E-state index >= 15 is 0 Å². The third-order valence-corrected chi connectivity index (χ3v) is 4.58. The zero-order valence-electron chi connectivity index (χ0n) is 13.5. The largest absolute Gasteiger partial charge is 0.312 e. The Kier molecular flexibility index (Phi) is 4.90. The summed E-state index contributed by atoms with van der Waals surface area (Å²) < 4.78 is 0. The van der Waals surface area contributed by atoms with E-state index in [1.807, 2.05) is 12.3 Å². The van der Waals surface area contributed by atoms with Crippen LogP contribution in [0.15, 0.2) is 36.5 Å². The molecule has 3 rings (SSSR count). The molecular formula is C18H26N4. The van der Waals surface area contributed by atoms with Gasteiger partial charge in [-0.1, -0.05) is 30.3 Å². The van der Waals surface area contributed by atoms with Crippen LogP contribution in [0, 0.1) is 5.92 Å². The van der Waals surface area contributed by atoms with E-state index in [0.717, 1.165) is 24.7 Å². The zero-order chi connectivity index (χ0) is 15.4. The number of nitrogens with one attached hydrogen (secondary N) is 2. The van der Waals surface area contributed by atoms with Crippen molar-refractivity contribution >= 4 is 0 Å². The minimum atomic E-state index is 0.670. The first-order valence-corrected chi connectivity index (χ1v) is 8.26. The van der Waals surface area contributed by atoms with E-state index in [1.165, 1.54) is 30.6 Å². The van der Waals surface area contributed by atoms with Crippen LogP contribution >= 0.6 is 0 Å². The smallest absolute Gasteiger partial charge is 0.0695 e. The lowest BCUT2D eigenvalue weighted by molar-refractivity contribution is 0.264. The van der Waals surface area contributed by atoms with E-state index in [9.17, 15) is 0 Å². The molecule has 118 valence electrons. The van der Waals surface area contributed by atoms with Gasteiger partial charge in [0.15, 0.2) is 0 Å². The molecule has 1 fully saturated rings. The number of benzene rings is 1. The molecule has 0 saturated carbocycles. The summed E-state index contributed by atoms with van der Waals surface area (Å²) in [5, 5.41) is 10.9. The molecule has 0 bridgehead atoms. The van der Waals surface area contributed by atoms with Crippen LogP contribution in [0.4, 0.5) is 0 Å². The van der Waals surface area contributed by atoms with Crippen molar-refractivity contribution in [3.05, 3.63) is 42.1 Å². The Morgan fingerprint density at radius 2 is 2.14 bits per heavy atom. The molecule has 1 aliphatic heterocycles. The Morgan fingerprint density at radius 3 is 2.86 bits per heavy atom. The summed E-state index contributed by atoms with van der Waals surface area (Å²) in [6, 6.07) is 11.1. The van der Waals surface area contributed by atoms with Gasteiger partial charge in [-0.3, -0.25) is 5.10 Å². The Labute approximate surface area is 132 Å². The highest BCUT2D eigenvalue weighted by molar-refractivity contribution is 5.62. The summed E-state index contributed by atoms with van der Waals surface area (Å²) in [7, 11) is 0. The number of aromatic amines is 1. The number of nitrogens with zero attached hydrogens (tertiary/aromatic N) is 2. The van der Waals surface area contributed by atoms with Crippen molar-refractivity contribution in [2.45, 2.75) is 32.9 Å². The van der Waals surface area contributed by atoms with E-state index in [2.05, 4.69) is 58.5 Å². The lowest BCUT2D eigenvalue weighted by Crippen LogP contribution is -2.30. The molecule has 2 heterocycles. The Balaban J connectivity index is 1.52. The standard InChI is InChI=1S/C18H26N4/c1-14(2)22-9-8-15(13-22)10-19-11-17-12-20-21-18(17)16-6-4-3-5-7-16/h3-7,12,14-15,19H,8-11,13H2,1-2H3,(H,20,21)/t15-/m1/s1. The van der Waals surface area contributed by atoms with Crippen molar-refractivity contribution in [2.75, 3.05) is 19.6 Å². The molecule has 0 aliphatic carbocycles. The zero-order valence-corrected chi connectivity index (χ0v) is 13.5. The monoisotopic (exact) mass is 298 g/mol. The average Bonchev–Trinajstić information content (AvgIpc) is 3.17. The van der Waals surface area contributed by atoms with Gasteiger partial charge < -0.3 is 10.2 Å². The second-order valence-corrected chi connectivity index (χ2v) is 6.51. The van der Waals surface area contributed by atoms with E-state index in [1.54, 1.807) is 0 Å². The molecule has 2 aromatic rings. The van der Waals surface area contributed by atoms with Crippen LogP contribution in [0.5, 0.6) is 0 Å². The lowest BCUT2D eigenvalue weighted by Gasteiger charge is -2.20. The van der Waals surface area contributed by atoms with Crippen LogP contribution < -0.4 is 5.32 Å². The summed E-state index contributed by atoms with van der Waals surface area (Å²) in [4.78, 5) is 2.57. The van der Waals surface area contributed by atoms with Crippen molar-refractivity contribution in [1.29, 1.82) is 0 Å². The minimum absolute atomic E-state index is 0.670. The first kappa shape index (κ1) is 15.3. The van der Waals surface area contributed by atoms with Crippen LogP contribution in [0.25, 0.3) is 11.3 Å². The maximum absolute atomic E-state index is 4.21. The van der Waals surface area contributed by atoms with Gasteiger partial charge in [-0.05, 0) is 44.8 Å². The van der Waals surface area contributed by atoms with E-state index in [-0.39, 0.29) is 0 Å². The van der Waals surface area contributed by atoms with Gasteiger partial charge in [0, 0.05) is 24.7 Å². The van der Waals surface area contributed by atoms with Crippen LogP contribution in [-0.4, -0.2) is 40.8 Å². The van der Waals surface area contributed by atoms with Gasteiger partial charge in [0.05, 0.1) is 11.9 Å². The van der Waals surface area contributed by atoms with Gasteiger partial charge in [0.2, 0.25) is 0 Å².